The fourth-order valence-corrected chi connectivity index (χ4v) is 2.14. The summed E-state index contributed by atoms with van der Waals surface area (Å²) in [5, 5.41) is 5.06. The van der Waals surface area contributed by atoms with E-state index >= 15 is 0 Å². The number of Topliss-reactive ketones (excluding diaryl/α,β-unsaturated/α-hetero) is 1. The number of ether oxygens (including phenoxy) is 1. The summed E-state index contributed by atoms with van der Waals surface area (Å²) in [4.78, 5) is 33.5. The molecule has 21 heavy (non-hydrogen) atoms. The van der Waals surface area contributed by atoms with E-state index < -0.39 is 11.6 Å². The third-order valence-corrected chi connectivity index (χ3v) is 2.97. The largest absolute Gasteiger partial charge is 0.463 e. The van der Waals surface area contributed by atoms with Crippen LogP contribution >= 0.6 is 0 Å². The average Bonchev–Trinajstić information content (AvgIpc) is 2.65. The topological polar surface area (TPSA) is 91.4 Å². The van der Waals surface area contributed by atoms with Crippen LogP contribution in [0.1, 0.15) is 24.6 Å². The van der Waals surface area contributed by atoms with Gasteiger partial charge in [0.05, 0.1) is 17.6 Å². The first-order valence-electron chi connectivity index (χ1n) is 6.51. The van der Waals surface area contributed by atoms with E-state index in [1.54, 1.807) is 0 Å². The van der Waals surface area contributed by atoms with Gasteiger partial charge in [0.25, 0.3) is 0 Å². The maximum Gasteiger partial charge on any atom is 0.337 e. The van der Waals surface area contributed by atoms with E-state index in [1.165, 1.54) is 17.7 Å². The van der Waals surface area contributed by atoms with Gasteiger partial charge in [0.15, 0.2) is 0 Å². The number of aryl methyl sites for hydroxylation is 2. The van der Waals surface area contributed by atoms with Crippen LogP contribution in [0, 0.1) is 13.8 Å². The summed E-state index contributed by atoms with van der Waals surface area (Å²) in [6.45, 7) is 5.25. The lowest BCUT2D eigenvalue weighted by Gasteiger charge is -2.04. The zero-order chi connectivity index (χ0) is 15.6. The number of ketones is 1. The number of carbonyl (C=O) groups is 2. The molecule has 112 valence electrons. The van der Waals surface area contributed by atoms with Crippen molar-refractivity contribution in [2.45, 2.75) is 33.7 Å². The smallest absolute Gasteiger partial charge is 0.337 e. The van der Waals surface area contributed by atoms with Crippen molar-refractivity contribution in [3.8, 4) is 0 Å². The summed E-state index contributed by atoms with van der Waals surface area (Å²) in [5.74, 6) is -0.824. The van der Waals surface area contributed by atoms with E-state index in [4.69, 9.17) is 9.15 Å². The molecule has 0 saturated carbocycles. The summed E-state index contributed by atoms with van der Waals surface area (Å²) in [6, 6.07) is 1.41. The second kappa shape index (κ2) is 5.90. The van der Waals surface area contributed by atoms with Crippen molar-refractivity contribution in [3.05, 3.63) is 27.7 Å². The maximum atomic E-state index is 11.4. The number of hydrogen-bond acceptors (Lipinski definition) is 6. The van der Waals surface area contributed by atoms with Crippen LogP contribution in [0.25, 0.3) is 11.1 Å². The Morgan fingerprint density at radius 1 is 1.38 bits per heavy atom. The summed E-state index contributed by atoms with van der Waals surface area (Å²) >= 11 is 0. The van der Waals surface area contributed by atoms with Gasteiger partial charge in [0.1, 0.15) is 18.8 Å². The van der Waals surface area contributed by atoms with Crippen molar-refractivity contribution >= 4 is 22.9 Å². The highest BCUT2D eigenvalue weighted by atomic mass is 16.5. The molecular formula is C14H16N2O5. The summed E-state index contributed by atoms with van der Waals surface area (Å²) in [7, 11) is 0. The molecule has 0 amide bonds. The van der Waals surface area contributed by atoms with Crippen LogP contribution in [0.4, 0.5) is 0 Å². The van der Waals surface area contributed by atoms with Crippen LogP contribution in [0.3, 0.4) is 0 Å². The number of carbonyl (C=O) groups excluding carboxylic acids is 2. The minimum Gasteiger partial charge on any atom is -0.463 e. The predicted molar refractivity (Wildman–Crippen MR) is 74.0 cm³/mol. The molecule has 7 nitrogen and oxygen atoms in total. The van der Waals surface area contributed by atoms with Gasteiger partial charge in [-0.15, -0.1) is 0 Å². The Balaban J connectivity index is 2.15. The molecular weight excluding hydrogens is 276 g/mol. The average molecular weight is 292 g/mol. The van der Waals surface area contributed by atoms with Crippen LogP contribution in [0.2, 0.25) is 0 Å². The molecule has 0 aliphatic heterocycles. The lowest BCUT2D eigenvalue weighted by Crippen LogP contribution is -2.14. The third kappa shape index (κ3) is 3.36. The molecule has 2 aromatic rings. The van der Waals surface area contributed by atoms with E-state index in [9.17, 15) is 14.4 Å². The fourth-order valence-electron chi connectivity index (χ4n) is 2.14. The van der Waals surface area contributed by atoms with Gasteiger partial charge in [-0.3, -0.25) is 9.59 Å². The highest BCUT2D eigenvalue weighted by Gasteiger charge is 2.14. The molecule has 0 unspecified atom stereocenters. The molecule has 0 N–H and O–H groups in total. The molecule has 0 atom stereocenters. The van der Waals surface area contributed by atoms with E-state index in [0.29, 0.717) is 5.71 Å². The molecule has 0 spiro atoms. The van der Waals surface area contributed by atoms with Crippen molar-refractivity contribution < 1.29 is 18.7 Å². The van der Waals surface area contributed by atoms with Gasteiger partial charge in [0.2, 0.25) is 5.71 Å². The van der Waals surface area contributed by atoms with Crippen molar-refractivity contribution in [2.24, 2.45) is 0 Å². The Labute approximate surface area is 120 Å². The molecule has 0 radical (unpaired) electrons. The number of hydrogen-bond donors (Lipinski definition) is 0. The molecule has 0 fully saturated rings. The molecule has 0 bridgehead atoms. The summed E-state index contributed by atoms with van der Waals surface area (Å²) < 4.78 is 11.6. The molecule has 0 aromatic carbocycles. The van der Waals surface area contributed by atoms with Crippen LogP contribution in [0.15, 0.2) is 15.3 Å². The highest BCUT2D eigenvalue weighted by molar-refractivity contribution is 5.94. The lowest BCUT2D eigenvalue weighted by molar-refractivity contribution is -0.146. The summed E-state index contributed by atoms with van der Waals surface area (Å²) in [5.41, 5.74) is 1.44. The van der Waals surface area contributed by atoms with Crippen molar-refractivity contribution in [1.82, 2.24) is 9.78 Å². The minimum absolute atomic E-state index is 0.0555. The van der Waals surface area contributed by atoms with E-state index in [2.05, 4.69) is 5.10 Å². The lowest BCUT2D eigenvalue weighted by atomic mass is 10.2. The highest BCUT2D eigenvalue weighted by Crippen LogP contribution is 2.19. The van der Waals surface area contributed by atoms with Gasteiger partial charge >= 0.3 is 11.6 Å². The number of esters is 1. The Bertz CT molecular complexity index is 757. The molecule has 2 rings (SSSR count). The third-order valence-electron chi connectivity index (χ3n) is 2.97. The molecule has 0 aliphatic rings. The summed E-state index contributed by atoms with van der Waals surface area (Å²) in [6.07, 6.45) is -0.243. The first kappa shape index (κ1) is 15.0. The van der Waals surface area contributed by atoms with Gasteiger partial charge in [-0.25, -0.2) is 9.48 Å². The van der Waals surface area contributed by atoms with Crippen LogP contribution in [-0.4, -0.2) is 28.1 Å². The predicted octanol–water partition coefficient (Wildman–Crippen LogP) is 1.13. The van der Waals surface area contributed by atoms with Crippen LogP contribution < -0.4 is 5.63 Å². The SMILES string of the molecule is CC(=O)CC(=O)OCCn1nc(C)c2c(C)cc(=O)oc21. The Morgan fingerprint density at radius 2 is 2.10 bits per heavy atom. The molecule has 7 heteroatoms. The number of aromatic nitrogens is 2. The monoisotopic (exact) mass is 292 g/mol. The van der Waals surface area contributed by atoms with Gasteiger partial charge in [-0.05, 0) is 26.3 Å². The van der Waals surface area contributed by atoms with E-state index in [0.717, 1.165) is 16.6 Å². The van der Waals surface area contributed by atoms with E-state index in [1.807, 2.05) is 13.8 Å². The molecule has 2 aromatic heterocycles. The number of nitrogens with zero attached hydrogens (tertiary/aromatic N) is 2. The van der Waals surface area contributed by atoms with Crippen molar-refractivity contribution in [2.75, 3.05) is 6.61 Å². The Hall–Kier alpha value is -2.44. The van der Waals surface area contributed by atoms with Crippen LogP contribution in [-0.2, 0) is 20.9 Å². The fraction of sp³-hybridized carbons (Fsp3) is 0.429. The van der Waals surface area contributed by atoms with E-state index in [-0.39, 0.29) is 25.4 Å². The van der Waals surface area contributed by atoms with Crippen LogP contribution in [0.5, 0.6) is 0 Å². The van der Waals surface area contributed by atoms with Gasteiger partial charge in [-0.1, -0.05) is 0 Å². The zero-order valence-electron chi connectivity index (χ0n) is 12.1. The minimum atomic E-state index is -0.576. The second-order valence-corrected chi connectivity index (χ2v) is 4.84. The first-order chi connectivity index (χ1) is 9.88. The van der Waals surface area contributed by atoms with Gasteiger partial charge < -0.3 is 9.15 Å². The molecule has 0 saturated heterocycles. The number of fused-ring (bicyclic) bond motifs is 1. The standard InChI is InChI=1S/C14H16N2O5/c1-8-6-12(19)21-14-13(8)10(3)15-16(14)4-5-20-11(18)7-9(2)17/h6H,4-5,7H2,1-3H3. The molecule has 0 aliphatic carbocycles. The quantitative estimate of drug-likeness (QED) is 0.606. The normalized spacial score (nSPS) is 10.8. The van der Waals surface area contributed by atoms with Crippen molar-refractivity contribution in [1.29, 1.82) is 0 Å². The van der Waals surface area contributed by atoms with Gasteiger partial charge in [-0.2, -0.15) is 5.10 Å². The van der Waals surface area contributed by atoms with Crippen molar-refractivity contribution in [3.63, 3.8) is 0 Å². The van der Waals surface area contributed by atoms with Gasteiger partial charge in [0, 0.05) is 6.07 Å². The maximum absolute atomic E-state index is 11.4. The number of rotatable bonds is 5. The zero-order valence-corrected chi connectivity index (χ0v) is 12.1. The first-order valence-corrected chi connectivity index (χ1v) is 6.51. The Kier molecular flexibility index (Phi) is 4.21. The second-order valence-electron chi connectivity index (χ2n) is 4.84. The molecule has 2 heterocycles. The Morgan fingerprint density at radius 3 is 2.76 bits per heavy atom.